The van der Waals surface area contributed by atoms with E-state index >= 15 is 0 Å². The molecule has 0 aliphatic carbocycles. The summed E-state index contributed by atoms with van der Waals surface area (Å²) >= 11 is 6.89. The van der Waals surface area contributed by atoms with E-state index in [0.717, 1.165) is 21.2 Å². The molecule has 0 saturated carbocycles. The molecule has 0 amide bonds. The lowest BCUT2D eigenvalue weighted by Gasteiger charge is -2.20. The van der Waals surface area contributed by atoms with Crippen molar-refractivity contribution in [1.29, 1.82) is 5.26 Å². The van der Waals surface area contributed by atoms with Crippen molar-refractivity contribution in [2.75, 3.05) is 11.9 Å². The molecule has 2 aromatic rings. The summed E-state index contributed by atoms with van der Waals surface area (Å²) in [6.07, 6.45) is 0. The Hall–Kier alpha value is -1.31. The first kappa shape index (κ1) is 14.1. The minimum Gasteiger partial charge on any atom is -0.370 e. The van der Waals surface area contributed by atoms with Crippen LogP contribution in [0.15, 0.2) is 51.4 Å². The Bertz CT molecular complexity index is 632. The predicted molar refractivity (Wildman–Crippen MR) is 85.1 cm³/mol. The molecular formula is C15H12Br2N2. The molecule has 0 aromatic heterocycles. The lowest BCUT2D eigenvalue weighted by molar-refractivity contribution is 0.921. The van der Waals surface area contributed by atoms with Gasteiger partial charge in [0.25, 0.3) is 0 Å². The molecule has 2 nitrogen and oxygen atoms in total. The van der Waals surface area contributed by atoms with Crippen molar-refractivity contribution in [2.45, 2.75) is 6.54 Å². The van der Waals surface area contributed by atoms with Crippen molar-refractivity contribution in [2.24, 2.45) is 0 Å². The summed E-state index contributed by atoms with van der Waals surface area (Å²) in [5, 5.41) is 8.91. The highest BCUT2D eigenvalue weighted by Gasteiger charge is 2.06. The SMILES string of the molecule is CN(Cc1cccc(Br)c1)c1ccc(C#N)c(Br)c1. The third-order valence-electron chi connectivity index (χ3n) is 2.82. The van der Waals surface area contributed by atoms with E-state index in [1.54, 1.807) is 0 Å². The smallest absolute Gasteiger partial charge is 0.100 e. The molecule has 0 fully saturated rings. The van der Waals surface area contributed by atoms with Crippen molar-refractivity contribution < 1.29 is 0 Å². The summed E-state index contributed by atoms with van der Waals surface area (Å²) in [5.41, 5.74) is 2.96. The molecule has 0 unspecified atom stereocenters. The number of anilines is 1. The molecule has 0 N–H and O–H groups in total. The summed E-state index contributed by atoms with van der Waals surface area (Å²) in [7, 11) is 2.04. The molecule has 2 rings (SSSR count). The van der Waals surface area contributed by atoms with Crippen LogP contribution in [0.5, 0.6) is 0 Å². The van der Waals surface area contributed by atoms with Crippen molar-refractivity contribution in [1.82, 2.24) is 0 Å². The van der Waals surface area contributed by atoms with Gasteiger partial charge in [-0.25, -0.2) is 0 Å². The fraction of sp³-hybridized carbons (Fsp3) is 0.133. The van der Waals surface area contributed by atoms with E-state index in [-0.39, 0.29) is 0 Å². The lowest BCUT2D eigenvalue weighted by Crippen LogP contribution is -2.16. The molecule has 4 heteroatoms. The van der Waals surface area contributed by atoms with Crippen LogP contribution in [0.4, 0.5) is 5.69 Å². The van der Waals surface area contributed by atoms with Gasteiger partial charge in [0, 0.05) is 28.2 Å². The maximum Gasteiger partial charge on any atom is 0.100 e. The summed E-state index contributed by atoms with van der Waals surface area (Å²) in [5.74, 6) is 0. The largest absolute Gasteiger partial charge is 0.370 e. The average Bonchev–Trinajstić information content (AvgIpc) is 2.38. The van der Waals surface area contributed by atoms with Crippen LogP contribution in [0.3, 0.4) is 0 Å². The predicted octanol–water partition coefficient (Wildman–Crippen LogP) is 4.72. The van der Waals surface area contributed by atoms with Crippen molar-refractivity contribution in [3.63, 3.8) is 0 Å². The molecule has 0 saturated heterocycles. The van der Waals surface area contributed by atoms with Crippen molar-refractivity contribution in [3.05, 3.63) is 62.5 Å². The second kappa shape index (κ2) is 6.23. The maximum absolute atomic E-state index is 8.91. The number of nitriles is 1. The minimum atomic E-state index is 0.652. The molecule has 0 aliphatic rings. The Morgan fingerprint density at radius 3 is 2.58 bits per heavy atom. The molecule has 96 valence electrons. The number of rotatable bonds is 3. The summed E-state index contributed by atoms with van der Waals surface area (Å²) in [4.78, 5) is 2.15. The van der Waals surface area contributed by atoms with Crippen molar-refractivity contribution >= 4 is 37.5 Å². The Labute approximate surface area is 129 Å². The van der Waals surface area contributed by atoms with Gasteiger partial charge in [-0.3, -0.25) is 0 Å². The Balaban J connectivity index is 2.18. The fourth-order valence-electron chi connectivity index (χ4n) is 1.83. The number of benzene rings is 2. The molecule has 0 atom stereocenters. The van der Waals surface area contributed by atoms with Gasteiger partial charge in [0.15, 0.2) is 0 Å². The lowest BCUT2D eigenvalue weighted by atomic mass is 10.2. The van der Waals surface area contributed by atoms with E-state index in [9.17, 15) is 0 Å². The normalized spacial score (nSPS) is 10.0. The van der Waals surface area contributed by atoms with E-state index in [1.807, 2.05) is 37.4 Å². The van der Waals surface area contributed by atoms with E-state index in [1.165, 1.54) is 5.56 Å². The van der Waals surface area contributed by atoms with Crippen LogP contribution in [0.1, 0.15) is 11.1 Å². The monoisotopic (exact) mass is 378 g/mol. The van der Waals surface area contributed by atoms with E-state index in [2.05, 4.69) is 55.0 Å². The van der Waals surface area contributed by atoms with Gasteiger partial charge in [-0.15, -0.1) is 0 Å². The van der Waals surface area contributed by atoms with E-state index in [4.69, 9.17) is 5.26 Å². The third kappa shape index (κ3) is 3.59. The standard InChI is InChI=1S/C15H12Br2N2/c1-19(10-11-3-2-4-13(16)7-11)14-6-5-12(9-18)15(17)8-14/h2-8H,10H2,1H3. The van der Waals surface area contributed by atoms with Gasteiger partial charge < -0.3 is 4.90 Å². The Kier molecular flexibility index (Phi) is 4.62. The van der Waals surface area contributed by atoms with Gasteiger partial charge >= 0.3 is 0 Å². The molecule has 0 spiro atoms. The minimum absolute atomic E-state index is 0.652. The molecular weight excluding hydrogens is 368 g/mol. The highest BCUT2D eigenvalue weighted by atomic mass is 79.9. The van der Waals surface area contributed by atoms with Gasteiger partial charge in [-0.1, -0.05) is 28.1 Å². The molecule has 0 aliphatic heterocycles. The number of halogens is 2. The van der Waals surface area contributed by atoms with Crippen LogP contribution in [0.2, 0.25) is 0 Å². The average molecular weight is 380 g/mol. The number of nitrogens with zero attached hydrogens (tertiary/aromatic N) is 2. The molecule has 0 bridgehead atoms. The van der Waals surface area contributed by atoms with E-state index in [0.29, 0.717) is 5.56 Å². The van der Waals surface area contributed by atoms with Crippen LogP contribution in [0, 0.1) is 11.3 Å². The number of hydrogen-bond acceptors (Lipinski definition) is 2. The second-order valence-electron chi connectivity index (χ2n) is 4.26. The van der Waals surface area contributed by atoms with Gasteiger partial charge in [-0.05, 0) is 51.8 Å². The second-order valence-corrected chi connectivity index (χ2v) is 6.03. The van der Waals surface area contributed by atoms with Gasteiger partial charge in [0.05, 0.1) is 5.56 Å². The maximum atomic E-state index is 8.91. The highest BCUT2D eigenvalue weighted by molar-refractivity contribution is 9.10. The van der Waals surface area contributed by atoms with Crippen LogP contribution >= 0.6 is 31.9 Å². The molecule has 19 heavy (non-hydrogen) atoms. The Morgan fingerprint density at radius 2 is 1.95 bits per heavy atom. The summed E-state index contributed by atoms with van der Waals surface area (Å²) in [6, 6.07) is 16.2. The third-order valence-corrected chi connectivity index (χ3v) is 3.97. The van der Waals surface area contributed by atoms with Crippen LogP contribution in [-0.4, -0.2) is 7.05 Å². The Morgan fingerprint density at radius 1 is 1.16 bits per heavy atom. The van der Waals surface area contributed by atoms with Crippen LogP contribution < -0.4 is 4.90 Å². The van der Waals surface area contributed by atoms with Gasteiger partial charge in [-0.2, -0.15) is 5.26 Å². The zero-order valence-corrected chi connectivity index (χ0v) is 13.6. The first-order valence-electron chi connectivity index (χ1n) is 5.75. The topological polar surface area (TPSA) is 27.0 Å². The first-order chi connectivity index (χ1) is 9.10. The molecule has 2 aromatic carbocycles. The van der Waals surface area contributed by atoms with Crippen LogP contribution in [0.25, 0.3) is 0 Å². The first-order valence-corrected chi connectivity index (χ1v) is 7.34. The van der Waals surface area contributed by atoms with Gasteiger partial charge in [0.2, 0.25) is 0 Å². The summed E-state index contributed by atoms with van der Waals surface area (Å²) in [6.45, 7) is 0.817. The quantitative estimate of drug-likeness (QED) is 0.771. The fourth-order valence-corrected chi connectivity index (χ4v) is 2.73. The zero-order valence-electron chi connectivity index (χ0n) is 10.4. The summed E-state index contributed by atoms with van der Waals surface area (Å²) < 4.78 is 1.91. The van der Waals surface area contributed by atoms with E-state index < -0.39 is 0 Å². The highest BCUT2D eigenvalue weighted by Crippen LogP contribution is 2.24. The van der Waals surface area contributed by atoms with Crippen LogP contribution in [-0.2, 0) is 6.54 Å². The number of hydrogen-bond donors (Lipinski definition) is 0. The van der Waals surface area contributed by atoms with Crippen molar-refractivity contribution in [3.8, 4) is 6.07 Å². The van der Waals surface area contributed by atoms with Gasteiger partial charge in [0.1, 0.15) is 6.07 Å². The molecule has 0 heterocycles. The molecule has 0 radical (unpaired) electrons. The zero-order chi connectivity index (χ0) is 13.8.